The van der Waals surface area contributed by atoms with E-state index in [1.54, 1.807) is 36.4 Å². The van der Waals surface area contributed by atoms with Crippen molar-refractivity contribution in [2.75, 3.05) is 10.8 Å². The maximum atomic E-state index is 14.5. The van der Waals surface area contributed by atoms with Gasteiger partial charge in [-0.2, -0.15) is 0 Å². The van der Waals surface area contributed by atoms with Crippen molar-refractivity contribution in [2.24, 2.45) is 0 Å². The normalized spacial score (nSPS) is 12.0. The van der Waals surface area contributed by atoms with Gasteiger partial charge in [0.2, 0.25) is 11.8 Å². The summed E-state index contributed by atoms with van der Waals surface area (Å²) in [5.74, 6) is -0.830. The van der Waals surface area contributed by atoms with Crippen LogP contribution in [-0.4, -0.2) is 43.8 Å². The van der Waals surface area contributed by atoms with E-state index in [1.807, 2.05) is 75.4 Å². The lowest BCUT2D eigenvalue weighted by atomic mass is 10.0. The predicted molar refractivity (Wildman–Crippen MR) is 182 cm³/mol. The predicted octanol–water partition coefficient (Wildman–Crippen LogP) is 6.88. The molecule has 0 saturated heterocycles. The molecule has 1 unspecified atom stereocenters. The number of rotatable bonds is 12. The number of carbonyl (C=O) groups is 2. The van der Waals surface area contributed by atoms with Crippen LogP contribution in [0.1, 0.15) is 30.5 Å². The molecular formula is C34H35Br2N3O4S. The lowest BCUT2D eigenvalue weighted by Gasteiger charge is -2.34. The van der Waals surface area contributed by atoms with Crippen LogP contribution in [0, 0.1) is 6.92 Å². The van der Waals surface area contributed by atoms with E-state index in [1.165, 1.54) is 17.0 Å². The Morgan fingerprint density at radius 1 is 0.795 bits per heavy atom. The Kier molecular flexibility index (Phi) is 11.4. The molecule has 0 saturated carbocycles. The van der Waals surface area contributed by atoms with Gasteiger partial charge in [-0.3, -0.25) is 13.9 Å². The molecule has 44 heavy (non-hydrogen) atoms. The van der Waals surface area contributed by atoms with Crippen molar-refractivity contribution in [3.8, 4) is 0 Å². The summed E-state index contributed by atoms with van der Waals surface area (Å²) in [6, 6.07) is 29.2. The highest BCUT2D eigenvalue weighted by molar-refractivity contribution is 9.10. The monoisotopic (exact) mass is 739 g/mol. The van der Waals surface area contributed by atoms with Gasteiger partial charge in [-0.25, -0.2) is 8.42 Å². The first-order chi connectivity index (χ1) is 20.9. The Balaban J connectivity index is 1.81. The summed E-state index contributed by atoms with van der Waals surface area (Å²) in [4.78, 5) is 29.8. The molecule has 4 aromatic rings. The van der Waals surface area contributed by atoms with E-state index < -0.39 is 28.5 Å². The zero-order valence-electron chi connectivity index (χ0n) is 24.8. The number of carbonyl (C=O) groups excluding carboxylic acids is 2. The number of anilines is 1. The highest BCUT2D eigenvalue weighted by atomic mass is 79.9. The molecule has 0 spiro atoms. The molecule has 0 bridgehead atoms. The second-order valence-corrected chi connectivity index (χ2v) is 14.5. The molecule has 1 atom stereocenters. The van der Waals surface area contributed by atoms with E-state index in [9.17, 15) is 18.0 Å². The fraction of sp³-hybridized carbons (Fsp3) is 0.235. The average molecular weight is 742 g/mol. The number of benzene rings is 4. The van der Waals surface area contributed by atoms with Gasteiger partial charge in [0.25, 0.3) is 10.0 Å². The SMILES string of the molecule is Cc1ccc(S(=O)(=O)N(CC(=O)N(Cc2cccc(Br)c2)C(Cc2ccccc2)C(=O)NC(C)C)c2cccc(Br)c2)cc1. The van der Waals surface area contributed by atoms with E-state index in [4.69, 9.17) is 0 Å². The fourth-order valence-electron chi connectivity index (χ4n) is 4.76. The second-order valence-electron chi connectivity index (χ2n) is 10.8. The highest BCUT2D eigenvalue weighted by Gasteiger charge is 2.35. The van der Waals surface area contributed by atoms with Crippen LogP contribution in [0.25, 0.3) is 0 Å². The summed E-state index contributed by atoms with van der Waals surface area (Å²) in [5.41, 5.74) is 2.90. The zero-order chi connectivity index (χ0) is 31.9. The third-order valence-electron chi connectivity index (χ3n) is 6.93. The second kappa shape index (κ2) is 15.0. The van der Waals surface area contributed by atoms with Gasteiger partial charge in [0.05, 0.1) is 10.6 Å². The average Bonchev–Trinajstić information content (AvgIpc) is 2.98. The van der Waals surface area contributed by atoms with Crippen LogP contribution in [0.15, 0.2) is 117 Å². The van der Waals surface area contributed by atoms with Crippen molar-refractivity contribution >= 4 is 59.4 Å². The molecule has 0 aliphatic heterocycles. The lowest BCUT2D eigenvalue weighted by molar-refractivity contribution is -0.140. The molecule has 0 fully saturated rings. The summed E-state index contributed by atoms with van der Waals surface area (Å²) < 4.78 is 30.8. The van der Waals surface area contributed by atoms with Crippen LogP contribution in [0.5, 0.6) is 0 Å². The molecule has 4 aromatic carbocycles. The van der Waals surface area contributed by atoms with E-state index >= 15 is 0 Å². The van der Waals surface area contributed by atoms with Crippen LogP contribution >= 0.6 is 31.9 Å². The van der Waals surface area contributed by atoms with E-state index in [2.05, 4.69) is 37.2 Å². The number of hydrogen-bond acceptors (Lipinski definition) is 4. The van der Waals surface area contributed by atoms with Crippen LogP contribution in [0.3, 0.4) is 0 Å². The standard InChI is InChI=1S/C34H35Br2N3O4S/c1-24(2)37-34(41)32(20-26-9-5-4-6-10-26)38(22-27-11-7-12-28(35)19-27)33(40)23-39(30-14-8-13-29(36)21-30)44(42,43)31-17-15-25(3)16-18-31/h4-19,21,24,32H,20,22-23H2,1-3H3,(H,37,41). The van der Waals surface area contributed by atoms with Gasteiger partial charge in [0.1, 0.15) is 12.6 Å². The number of aryl methyl sites for hydroxylation is 1. The van der Waals surface area contributed by atoms with Crippen LogP contribution in [0.4, 0.5) is 5.69 Å². The quantitative estimate of drug-likeness (QED) is 0.172. The summed E-state index contributed by atoms with van der Waals surface area (Å²) >= 11 is 6.94. The highest BCUT2D eigenvalue weighted by Crippen LogP contribution is 2.28. The maximum absolute atomic E-state index is 14.5. The third kappa shape index (κ3) is 8.80. The molecule has 0 heterocycles. The first kappa shape index (κ1) is 33.4. The van der Waals surface area contributed by atoms with Crippen molar-refractivity contribution < 1.29 is 18.0 Å². The molecule has 0 aliphatic rings. The number of halogens is 2. The number of sulfonamides is 1. The number of nitrogens with one attached hydrogen (secondary N) is 1. The van der Waals surface area contributed by atoms with Gasteiger partial charge in [-0.1, -0.05) is 98.1 Å². The fourth-order valence-corrected chi connectivity index (χ4v) is 7.00. The largest absolute Gasteiger partial charge is 0.352 e. The minimum atomic E-state index is -4.16. The smallest absolute Gasteiger partial charge is 0.264 e. The first-order valence-corrected chi connectivity index (χ1v) is 17.2. The topological polar surface area (TPSA) is 86.8 Å². The number of hydrogen-bond donors (Lipinski definition) is 1. The summed E-state index contributed by atoms with van der Waals surface area (Å²) in [6.45, 7) is 5.18. The van der Waals surface area contributed by atoms with Crippen molar-refractivity contribution in [2.45, 2.75) is 50.7 Å². The zero-order valence-corrected chi connectivity index (χ0v) is 28.8. The Hall–Kier alpha value is -3.47. The van der Waals surface area contributed by atoms with Crippen molar-refractivity contribution in [3.05, 3.63) is 129 Å². The van der Waals surface area contributed by atoms with Crippen LogP contribution < -0.4 is 9.62 Å². The molecule has 1 N–H and O–H groups in total. The van der Waals surface area contributed by atoms with Crippen molar-refractivity contribution in [1.29, 1.82) is 0 Å². The van der Waals surface area contributed by atoms with Crippen LogP contribution in [-0.2, 0) is 32.6 Å². The molecule has 0 aliphatic carbocycles. The molecule has 2 amide bonds. The van der Waals surface area contributed by atoms with Gasteiger partial charge >= 0.3 is 0 Å². The molecule has 230 valence electrons. The van der Waals surface area contributed by atoms with Gasteiger partial charge in [0.15, 0.2) is 0 Å². The molecular weight excluding hydrogens is 706 g/mol. The molecule has 4 rings (SSSR count). The van der Waals surface area contributed by atoms with Gasteiger partial charge in [-0.15, -0.1) is 0 Å². The first-order valence-electron chi connectivity index (χ1n) is 14.2. The maximum Gasteiger partial charge on any atom is 0.264 e. The van der Waals surface area contributed by atoms with E-state index in [0.717, 1.165) is 25.5 Å². The molecule has 10 heteroatoms. The van der Waals surface area contributed by atoms with E-state index in [0.29, 0.717) is 10.2 Å². The molecule has 0 aromatic heterocycles. The Morgan fingerprint density at radius 3 is 2.02 bits per heavy atom. The summed E-state index contributed by atoms with van der Waals surface area (Å²) in [6.07, 6.45) is 0.251. The Morgan fingerprint density at radius 2 is 1.41 bits per heavy atom. The van der Waals surface area contributed by atoms with Crippen molar-refractivity contribution in [3.63, 3.8) is 0 Å². The summed E-state index contributed by atoms with van der Waals surface area (Å²) in [7, 11) is -4.16. The Labute approximate surface area is 276 Å². The van der Waals surface area contributed by atoms with Gasteiger partial charge in [-0.05, 0) is 74.4 Å². The Bertz CT molecular complexity index is 1700. The van der Waals surface area contributed by atoms with Crippen molar-refractivity contribution in [1.82, 2.24) is 10.2 Å². The van der Waals surface area contributed by atoms with Crippen LogP contribution in [0.2, 0.25) is 0 Å². The minimum Gasteiger partial charge on any atom is -0.352 e. The van der Waals surface area contributed by atoms with Gasteiger partial charge < -0.3 is 10.2 Å². The third-order valence-corrected chi connectivity index (χ3v) is 9.70. The summed E-state index contributed by atoms with van der Waals surface area (Å²) in [5, 5.41) is 2.97. The molecule has 0 radical (unpaired) electrons. The minimum absolute atomic E-state index is 0.0628. The number of amides is 2. The molecule has 7 nitrogen and oxygen atoms in total. The lowest BCUT2D eigenvalue weighted by Crippen LogP contribution is -2.54. The number of nitrogens with zero attached hydrogens (tertiary/aromatic N) is 2. The van der Waals surface area contributed by atoms with Gasteiger partial charge in [0, 0.05) is 28.0 Å². The van der Waals surface area contributed by atoms with E-state index in [-0.39, 0.29) is 29.8 Å².